The van der Waals surface area contributed by atoms with E-state index in [-0.39, 0.29) is 11.8 Å². The maximum atomic E-state index is 11.0. The Labute approximate surface area is 80.8 Å². The van der Waals surface area contributed by atoms with E-state index in [9.17, 15) is 4.79 Å². The Hall–Kier alpha value is -0.570. The standard InChI is InChI=1S/C8H15NO2.C2H6/c1-6(2)8(10)9-3-7-4-11-5-7;1-2/h6-7H,3-5H2,1-2H3,(H,9,10);1-2H3. The van der Waals surface area contributed by atoms with Crippen molar-refractivity contribution in [2.45, 2.75) is 27.7 Å². The van der Waals surface area contributed by atoms with E-state index >= 15 is 0 Å². The van der Waals surface area contributed by atoms with Crippen LogP contribution in [0.2, 0.25) is 0 Å². The first-order chi connectivity index (χ1) is 6.20. The van der Waals surface area contributed by atoms with Crippen LogP contribution in [0.3, 0.4) is 0 Å². The van der Waals surface area contributed by atoms with Crippen molar-refractivity contribution in [2.75, 3.05) is 19.8 Å². The quantitative estimate of drug-likeness (QED) is 0.726. The number of carbonyl (C=O) groups excluding carboxylic acids is 1. The van der Waals surface area contributed by atoms with Crippen LogP contribution in [0, 0.1) is 11.8 Å². The minimum atomic E-state index is 0.0935. The van der Waals surface area contributed by atoms with Crippen molar-refractivity contribution in [3.05, 3.63) is 0 Å². The number of carbonyl (C=O) groups is 1. The summed E-state index contributed by atoms with van der Waals surface area (Å²) in [5.41, 5.74) is 0. The molecule has 1 heterocycles. The first-order valence-electron chi connectivity index (χ1n) is 5.05. The lowest BCUT2D eigenvalue weighted by Crippen LogP contribution is -2.40. The normalized spacial score (nSPS) is 15.8. The smallest absolute Gasteiger partial charge is 0.222 e. The third-order valence-corrected chi connectivity index (χ3v) is 1.80. The van der Waals surface area contributed by atoms with Crippen LogP contribution >= 0.6 is 0 Å². The molecular formula is C10H21NO2. The molecule has 0 atom stereocenters. The van der Waals surface area contributed by atoms with E-state index in [1.807, 2.05) is 27.7 Å². The van der Waals surface area contributed by atoms with Gasteiger partial charge in [0.1, 0.15) is 0 Å². The van der Waals surface area contributed by atoms with Crippen molar-refractivity contribution in [3.8, 4) is 0 Å². The van der Waals surface area contributed by atoms with E-state index in [0.717, 1.165) is 19.8 Å². The molecule has 3 nitrogen and oxygen atoms in total. The summed E-state index contributed by atoms with van der Waals surface area (Å²) in [7, 11) is 0. The highest BCUT2D eigenvalue weighted by molar-refractivity contribution is 5.77. The van der Waals surface area contributed by atoms with E-state index in [1.165, 1.54) is 0 Å². The monoisotopic (exact) mass is 187 g/mol. The van der Waals surface area contributed by atoms with Gasteiger partial charge >= 0.3 is 0 Å². The number of rotatable bonds is 3. The van der Waals surface area contributed by atoms with Crippen molar-refractivity contribution in [2.24, 2.45) is 11.8 Å². The summed E-state index contributed by atoms with van der Waals surface area (Å²) in [6.45, 7) is 10.2. The van der Waals surface area contributed by atoms with Crippen LogP contribution in [-0.4, -0.2) is 25.7 Å². The molecule has 1 fully saturated rings. The molecule has 0 aliphatic carbocycles. The van der Waals surface area contributed by atoms with E-state index in [0.29, 0.717) is 5.92 Å². The number of nitrogens with one attached hydrogen (secondary N) is 1. The lowest BCUT2D eigenvalue weighted by Gasteiger charge is -2.26. The molecule has 1 amide bonds. The zero-order valence-corrected chi connectivity index (χ0v) is 9.09. The van der Waals surface area contributed by atoms with Crippen LogP contribution in [0.1, 0.15) is 27.7 Å². The molecule has 3 heteroatoms. The Kier molecular flexibility index (Phi) is 6.59. The second-order valence-corrected chi connectivity index (χ2v) is 3.30. The molecule has 78 valence electrons. The van der Waals surface area contributed by atoms with Gasteiger partial charge in [-0.3, -0.25) is 4.79 Å². The first-order valence-corrected chi connectivity index (χ1v) is 5.05. The molecule has 1 N–H and O–H groups in total. The van der Waals surface area contributed by atoms with E-state index < -0.39 is 0 Å². The van der Waals surface area contributed by atoms with E-state index in [2.05, 4.69) is 5.32 Å². The summed E-state index contributed by atoms with van der Waals surface area (Å²) < 4.78 is 4.98. The van der Waals surface area contributed by atoms with Gasteiger partial charge in [0.15, 0.2) is 0 Å². The summed E-state index contributed by atoms with van der Waals surface area (Å²) in [5.74, 6) is 0.783. The van der Waals surface area contributed by atoms with Gasteiger partial charge in [0, 0.05) is 18.4 Å². The fourth-order valence-corrected chi connectivity index (χ4v) is 0.851. The van der Waals surface area contributed by atoms with Crippen LogP contribution in [0.15, 0.2) is 0 Å². The molecule has 0 unspecified atom stereocenters. The minimum Gasteiger partial charge on any atom is -0.381 e. The van der Waals surface area contributed by atoms with Gasteiger partial charge in [-0.25, -0.2) is 0 Å². The summed E-state index contributed by atoms with van der Waals surface area (Å²) in [6, 6.07) is 0. The van der Waals surface area contributed by atoms with Crippen molar-refractivity contribution in [1.82, 2.24) is 5.32 Å². The molecule has 0 saturated carbocycles. The molecule has 1 rings (SSSR count). The molecule has 1 aliphatic heterocycles. The van der Waals surface area contributed by atoms with Gasteiger partial charge in [0.25, 0.3) is 0 Å². The Bertz CT molecular complexity index is 142. The highest BCUT2D eigenvalue weighted by Gasteiger charge is 2.19. The van der Waals surface area contributed by atoms with Crippen LogP contribution < -0.4 is 5.32 Å². The van der Waals surface area contributed by atoms with Gasteiger partial charge < -0.3 is 10.1 Å². The van der Waals surface area contributed by atoms with Crippen LogP contribution in [0.4, 0.5) is 0 Å². The minimum absolute atomic E-state index is 0.0935. The Balaban J connectivity index is 0.000000671. The van der Waals surface area contributed by atoms with Gasteiger partial charge in [-0.2, -0.15) is 0 Å². The Morgan fingerprint density at radius 1 is 1.46 bits per heavy atom. The van der Waals surface area contributed by atoms with Crippen molar-refractivity contribution in [3.63, 3.8) is 0 Å². The third kappa shape index (κ3) is 4.88. The lowest BCUT2D eigenvalue weighted by molar-refractivity contribution is -0.125. The van der Waals surface area contributed by atoms with E-state index in [4.69, 9.17) is 4.74 Å². The van der Waals surface area contributed by atoms with Crippen LogP contribution in [-0.2, 0) is 9.53 Å². The fourth-order valence-electron chi connectivity index (χ4n) is 0.851. The highest BCUT2D eigenvalue weighted by Crippen LogP contribution is 2.07. The van der Waals surface area contributed by atoms with Crippen LogP contribution in [0.25, 0.3) is 0 Å². The number of hydrogen-bond acceptors (Lipinski definition) is 2. The molecule has 0 bridgehead atoms. The summed E-state index contributed by atoms with van der Waals surface area (Å²) in [6.07, 6.45) is 0. The zero-order valence-electron chi connectivity index (χ0n) is 9.09. The molecule has 0 aromatic heterocycles. The second-order valence-electron chi connectivity index (χ2n) is 3.30. The molecule has 0 radical (unpaired) electrons. The van der Waals surface area contributed by atoms with Crippen molar-refractivity contribution >= 4 is 5.91 Å². The second kappa shape index (κ2) is 6.89. The Morgan fingerprint density at radius 2 is 2.00 bits per heavy atom. The summed E-state index contributed by atoms with van der Waals surface area (Å²) in [5, 5.41) is 2.87. The molecule has 0 aromatic rings. The van der Waals surface area contributed by atoms with Gasteiger partial charge in [-0.15, -0.1) is 0 Å². The largest absolute Gasteiger partial charge is 0.381 e. The molecule has 1 saturated heterocycles. The van der Waals surface area contributed by atoms with Gasteiger partial charge in [0.05, 0.1) is 13.2 Å². The van der Waals surface area contributed by atoms with Gasteiger partial charge in [-0.05, 0) is 0 Å². The highest BCUT2D eigenvalue weighted by atomic mass is 16.5. The fraction of sp³-hybridized carbons (Fsp3) is 0.900. The average molecular weight is 187 g/mol. The number of amides is 1. The molecule has 0 spiro atoms. The Morgan fingerprint density at radius 3 is 2.31 bits per heavy atom. The number of hydrogen-bond donors (Lipinski definition) is 1. The molecule has 0 aromatic carbocycles. The first kappa shape index (κ1) is 12.4. The maximum absolute atomic E-state index is 11.0. The van der Waals surface area contributed by atoms with Crippen molar-refractivity contribution < 1.29 is 9.53 Å². The predicted octanol–water partition coefficient (Wildman–Crippen LogP) is 1.43. The molecular weight excluding hydrogens is 166 g/mol. The molecule has 13 heavy (non-hydrogen) atoms. The SMILES string of the molecule is CC.CC(C)C(=O)NCC1COC1. The topological polar surface area (TPSA) is 38.3 Å². The summed E-state index contributed by atoms with van der Waals surface area (Å²) >= 11 is 0. The lowest BCUT2D eigenvalue weighted by atomic mass is 10.1. The van der Waals surface area contributed by atoms with Crippen LogP contribution in [0.5, 0.6) is 0 Å². The molecule has 1 aliphatic rings. The summed E-state index contributed by atoms with van der Waals surface area (Å²) in [4.78, 5) is 11.0. The maximum Gasteiger partial charge on any atom is 0.222 e. The predicted molar refractivity (Wildman–Crippen MR) is 53.5 cm³/mol. The third-order valence-electron chi connectivity index (χ3n) is 1.80. The van der Waals surface area contributed by atoms with E-state index in [1.54, 1.807) is 0 Å². The van der Waals surface area contributed by atoms with Crippen molar-refractivity contribution in [1.29, 1.82) is 0 Å². The van der Waals surface area contributed by atoms with Gasteiger partial charge in [0.2, 0.25) is 5.91 Å². The zero-order chi connectivity index (χ0) is 10.3. The average Bonchev–Trinajstić information content (AvgIpc) is 2.05. The number of ether oxygens (including phenoxy) is 1. The van der Waals surface area contributed by atoms with Gasteiger partial charge in [-0.1, -0.05) is 27.7 Å².